The van der Waals surface area contributed by atoms with Gasteiger partial charge in [-0.1, -0.05) is 29.0 Å². The van der Waals surface area contributed by atoms with Gasteiger partial charge in [0, 0.05) is 29.7 Å². The number of carbonyl (C=O) groups excluding carboxylic acids is 1. The van der Waals surface area contributed by atoms with Crippen molar-refractivity contribution >= 4 is 44.2 Å². The quantitative estimate of drug-likeness (QED) is 0.465. The lowest BCUT2D eigenvalue weighted by Crippen LogP contribution is -2.31. The average Bonchev–Trinajstić information content (AvgIpc) is 3.33. The van der Waals surface area contributed by atoms with Crippen LogP contribution in [0.3, 0.4) is 0 Å². The van der Waals surface area contributed by atoms with Crippen LogP contribution < -0.4 is 4.90 Å². The molecule has 28 heavy (non-hydrogen) atoms. The van der Waals surface area contributed by atoms with E-state index in [1.807, 2.05) is 44.3 Å². The first-order valence-corrected chi connectivity index (χ1v) is 10.0. The molecule has 0 bridgehead atoms. The number of hydrogen-bond donors (Lipinski definition) is 0. The first kappa shape index (κ1) is 18.6. The minimum Gasteiger partial charge on any atom is -0.278 e. The van der Waals surface area contributed by atoms with Crippen LogP contribution in [-0.2, 0) is 6.54 Å². The Balaban J connectivity index is 1.74. The fourth-order valence-electron chi connectivity index (χ4n) is 2.78. The molecule has 8 heteroatoms. The highest BCUT2D eigenvalue weighted by atomic mass is 35.5. The molecule has 0 N–H and O–H groups in total. The van der Waals surface area contributed by atoms with Crippen LogP contribution >= 0.6 is 22.9 Å². The highest BCUT2D eigenvalue weighted by Crippen LogP contribution is 2.32. The largest absolute Gasteiger partial charge is 0.280 e. The maximum Gasteiger partial charge on any atom is 0.280 e. The van der Waals surface area contributed by atoms with Crippen LogP contribution in [0.25, 0.3) is 10.2 Å². The summed E-state index contributed by atoms with van der Waals surface area (Å²) in [5.74, 6) is -0.201. The van der Waals surface area contributed by atoms with Crippen LogP contribution in [0.2, 0.25) is 5.02 Å². The van der Waals surface area contributed by atoms with Crippen LogP contribution in [0.15, 0.2) is 55.0 Å². The summed E-state index contributed by atoms with van der Waals surface area (Å²) in [6.45, 7) is 4.40. The van der Waals surface area contributed by atoms with E-state index >= 15 is 0 Å². The predicted octanol–water partition coefficient (Wildman–Crippen LogP) is 4.97. The van der Waals surface area contributed by atoms with Crippen LogP contribution in [-0.4, -0.2) is 25.7 Å². The van der Waals surface area contributed by atoms with E-state index in [2.05, 4.69) is 15.1 Å². The summed E-state index contributed by atoms with van der Waals surface area (Å²) in [5, 5.41) is 5.68. The number of thiazole rings is 1. The van der Waals surface area contributed by atoms with E-state index in [1.54, 1.807) is 34.1 Å². The molecule has 1 aromatic carbocycles. The fraction of sp³-hybridized carbons (Fsp3) is 0.200. The Morgan fingerprint density at radius 2 is 2.14 bits per heavy atom. The number of rotatable bonds is 5. The van der Waals surface area contributed by atoms with Gasteiger partial charge in [0.15, 0.2) is 10.8 Å². The number of nitrogens with zero attached hydrogens (tertiary/aromatic N) is 5. The third-order valence-corrected chi connectivity index (χ3v) is 5.51. The van der Waals surface area contributed by atoms with Gasteiger partial charge in [0.05, 0.1) is 16.8 Å². The van der Waals surface area contributed by atoms with Crippen molar-refractivity contribution in [2.75, 3.05) is 4.90 Å². The molecule has 1 amide bonds. The van der Waals surface area contributed by atoms with Crippen molar-refractivity contribution in [3.8, 4) is 0 Å². The summed E-state index contributed by atoms with van der Waals surface area (Å²) in [6.07, 6.45) is 5.27. The molecule has 4 aromatic rings. The van der Waals surface area contributed by atoms with Gasteiger partial charge in [0.2, 0.25) is 0 Å². The fourth-order valence-corrected chi connectivity index (χ4v) is 4.02. The molecule has 3 heterocycles. The van der Waals surface area contributed by atoms with E-state index in [4.69, 9.17) is 11.6 Å². The molecular weight excluding hydrogens is 394 g/mol. The van der Waals surface area contributed by atoms with Crippen molar-refractivity contribution in [3.63, 3.8) is 0 Å². The van der Waals surface area contributed by atoms with Crippen molar-refractivity contribution < 1.29 is 4.79 Å². The molecule has 0 aliphatic rings. The molecule has 4 rings (SSSR count). The molecule has 0 saturated carbocycles. The minimum absolute atomic E-state index is 0.179. The summed E-state index contributed by atoms with van der Waals surface area (Å²) < 4.78 is 2.70. The van der Waals surface area contributed by atoms with Gasteiger partial charge in [-0.2, -0.15) is 5.10 Å². The average molecular weight is 412 g/mol. The number of hydrogen-bond acceptors (Lipinski definition) is 5. The lowest BCUT2D eigenvalue weighted by atomic mass is 10.2. The van der Waals surface area contributed by atoms with Gasteiger partial charge in [-0.3, -0.25) is 19.4 Å². The maximum absolute atomic E-state index is 13.3. The monoisotopic (exact) mass is 411 g/mol. The molecule has 6 nitrogen and oxygen atoms in total. The molecule has 0 unspecified atom stereocenters. The van der Waals surface area contributed by atoms with E-state index < -0.39 is 0 Å². The van der Waals surface area contributed by atoms with Crippen molar-refractivity contribution in [1.82, 2.24) is 19.7 Å². The molecule has 0 radical (unpaired) electrons. The van der Waals surface area contributed by atoms with Gasteiger partial charge in [0.25, 0.3) is 5.91 Å². The van der Waals surface area contributed by atoms with Crippen molar-refractivity contribution in [2.24, 2.45) is 0 Å². The lowest BCUT2D eigenvalue weighted by Gasteiger charge is -2.18. The predicted molar refractivity (Wildman–Crippen MR) is 112 cm³/mol. The van der Waals surface area contributed by atoms with Gasteiger partial charge in [0.1, 0.15) is 0 Å². The number of carbonyl (C=O) groups is 1. The van der Waals surface area contributed by atoms with Gasteiger partial charge >= 0.3 is 0 Å². The smallest absolute Gasteiger partial charge is 0.278 e. The highest BCUT2D eigenvalue weighted by Gasteiger charge is 2.24. The van der Waals surface area contributed by atoms with Crippen LogP contribution in [0.4, 0.5) is 5.13 Å². The molecule has 0 spiro atoms. The number of pyridine rings is 1. The minimum atomic E-state index is -0.201. The van der Waals surface area contributed by atoms with Gasteiger partial charge < -0.3 is 0 Å². The zero-order chi connectivity index (χ0) is 19.7. The Morgan fingerprint density at radius 3 is 2.86 bits per heavy atom. The van der Waals surface area contributed by atoms with Gasteiger partial charge in [-0.15, -0.1) is 0 Å². The van der Waals surface area contributed by atoms with E-state index in [-0.39, 0.29) is 11.9 Å². The summed E-state index contributed by atoms with van der Waals surface area (Å²) in [4.78, 5) is 23.7. The summed E-state index contributed by atoms with van der Waals surface area (Å²) in [6, 6.07) is 11.2. The van der Waals surface area contributed by atoms with E-state index in [1.165, 1.54) is 11.3 Å². The topological polar surface area (TPSA) is 63.9 Å². The van der Waals surface area contributed by atoms with Gasteiger partial charge in [-0.25, -0.2) is 4.98 Å². The normalized spacial score (nSPS) is 11.3. The van der Waals surface area contributed by atoms with Crippen LogP contribution in [0.5, 0.6) is 0 Å². The first-order chi connectivity index (χ1) is 13.5. The molecular formula is C20H18ClN5OS. The molecule has 142 valence electrons. The Hall–Kier alpha value is -2.77. The Kier molecular flexibility index (Phi) is 5.11. The number of anilines is 1. The number of amides is 1. The van der Waals surface area contributed by atoms with Crippen molar-refractivity contribution in [1.29, 1.82) is 0 Å². The summed E-state index contributed by atoms with van der Waals surface area (Å²) in [7, 11) is 0. The summed E-state index contributed by atoms with van der Waals surface area (Å²) in [5.41, 5.74) is 2.10. The van der Waals surface area contributed by atoms with Gasteiger partial charge in [-0.05, 0) is 49.7 Å². The second kappa shape index (κ2) is 7.69. The second-order valence-electron chi connectivity index (χ2n) is 6.64. The molecule has 0 fully saturated rings. The second-order valence-corrected chi connectivity index (χ2v) is 8.08. The van der Waals surface area contributed by atoms with Crippen molar-refractivity contribution in [2.45, 2.75) is 26.4 Å². The molecule has 0 saturated heterocycles. The maximum atomic E-state index is 13.3. The zero-order valence-corrected chi connectivity index (χ0v) is 17.0. The standard InChI is InChI=1S/C20H18ClN5OS/c1-13(2)26-9-7-17(24-26)19(27)25(12-14-4-3-8-22-11-14)20-23-16-6-5-15(21)10-18(16)28-20/h3-11,13H,12H2,1-2H3. The van der Waals surface area contributed by atoms with E-state index in [9.17, 15) is 4.79 Å². The number of aromatic nitrogens is 4. The number of benzene rings is 1. The summed E-state index contributed by atoms with van der Waals surface area (Å²) >= 11 is 7.53. The Bertz CT molecular complexity index is 1120. The van der Waals surface area contributed by atoms with Crippen molar-refractivity contribution in [3.05, 3.63) is 71.3 Å². The molecule has 3 aromatic heterocycles. The lowest BCUT2D eigenvalue weighted by molar-refractivity contribution is 0.0979. The Labute approximate surface area is 171 Å². The SMILES string of the molecule is CC(C)n1ccc(C(=O)N(Cc2cccnc2)c2nc3ccc(Cl)cc3s2)n1. The third-order valence-electron chi connectivity index (χ3n) is 4.24. The van der Waals surface area contributed by atoms with Crippen LogP contribution in [0.1, 0.15) is 35.9 Å². The highest BCUT2D eigenvalue weighted by molar-refractivity contribution is 7.22. The first-order valence-electron chi connectivity index (χ1n) is 8.83. The van der Waals surface area contributed by atoms with Crippen LogP contribution in [0, 0.1) is 0 Å². The van der Waals surface area contributed by atoms with E-state index in [0.29, 0.717) is 22.4 Å². The molecule has 0 aliphatic carbocycles. The molecule has 0 atom stereocenters. The third kappa shape index (κ3) is 3.76. The number of fused-ring (bicyclic) bond motifs is 1. The zero-order valence-electron chi connectivity index (χ0n) is 15.4. The molecule has 0 aliphatic heterocycles. The Morgan fingerprint density at radius 1 is 1.29 bits per heavy atom. The van der Waals surface area contributed by atoms with E-state index in [0.717, 1.165) is 15.8 Å². The number of halogens is 1.